The lowest BCUT2D eigenvalue weighted by molar-refractivity contribution is -0.142. The molecule has 0 spiro atoms. The van der Waals surface area contributed by atoms with E-state index >= 15 is 0 Å². The monoisotopic (exact) mass is 605 g/mol. The fourth-order valence-electron chi connectivity index (χ4n) is 5.62. The summed E-state index contributed by atoms with van der Waals surface area (Å²) in [5.41, 5.74) is 5.21. The van der Waals surface area contributed by atoms with Crippen LogP contribution in [0.2, 0.25) is 0 Å². The Balaban J connectivity index is 1.02. The predicted molar refractivity (Wildman–Crippen MR) is 172 cm³/mol. The molecule has 5 rings (SSSR count). The Morgan fingerprint density at radius 2 is 1.47 bits per heavy atom. The highest BCUT2D eigenvalue weighted by molar-refractivity contribution is 5.84. The van der Waals surface area contributed by atoms with Crippen LogP contribution in [0.4, 0.5) is 0 Å². The normalized spacial score (nSPS) is 14.0. The van der Waals surface area contributed by atoms with E-state index in [2.05, 4.69) is 34.6 Å². The first-order chi connectivity index (χ1) is 21.9. The molecule has 1 atom stereocenters. The van der Waals surface area contributed by atoms with Crippen molar-refractivity contribution in [3.63, 3.8) is 0 Å². The van der Waals surface area contributed by atoms with E-state index in [0.717, 1.165) is 40.7 Å². The molecule has 232 valence electrons. The second kappa shape index (κ2) is 15.7. The maximum absolute atomic E-state index is 12.9. The number of carboxylic acid groups (broad SMARTS) is 1. The van der Waals surface area contributed by atoms with E-state index < -0.39 is 12.0 Å². The van der Waals surface area contributed by atoms with Gasteiger partial charge < -0.3 is 20.1 Å². The second-order valence-corrected chi connectivity index (χ2v) is 11.5. The number of carbonyl (C=O) groups is 3. The van der Waals surface area contributed by atoms with E-state index in [4.69, 9.17) is 4.74 Å². The van der Waals surface area contributed by atoms with Crippen LogP contribution in [-0.4, -0.2) is 51.9 Å². The van der Waals surface area contributed by atoms with Gasteiger partial charge >= 0.3 is 5.97 Å². The predicted octanol–water partition coefficient (Wildman–Crippen LogP) is 5.70. The number of ether oxygens (including phenoxy) is 1. The van der Waals surface area contributed by atoms with Crippen LogP contribution in [0.5, 0.6) is 5.75 Å². The maximum atomic E-state index is 12.9. The zero-order valence-corrected chi connectivity index (χ0v) is 25.3. The molecule has 45 heavy (non-hydrogen) atoms. The van der Waals surface area contributed by atoms with Crippen LogP contribution in [0, 0.1) is 5.92 Å². The van der Waals surface area contributed by atoms with E-state index in [-0.39, 0.29) is 30.6 Å². The van der Waals surface area contributed by atoms with Gasteiger partial charge in [0.1, 0.15) is 18.4 Å². The highest BCUT2D eigenvalue weighted by Crippen LogP contribution is 2.23. The molecule has 0 bridgehead atoms. The highest BCUT2D eigenvalue weighted by Gasteiger charge is 2.26. The van der Waals surface area contributed by atoms with Gasteiger partial charge in [0.25, 0.3) is 0 Å². The number of aryl methyl sites for hydroxylation is 1. The van der Waals surface area contributed by atoms with Crippen molar-refractivity contribution in [1.29, 1.82) is 0 Å². The third-order valence-electron chi connectivity index (χ3n) is 8.28. The summed E-state index contributed by atoms with van der Waals surface area (Å²) in [4.78, 5) is 43.5. The molecule has 3 aromatic carbocycles. The van der Waals surface area contributed by atoms with E-state index in [1.807, 2.05) is 71.6 Å². The van der Waals surface area contributed by atoms with Crippen molar-refractivity contribution in [1.82, 2.24) is 15.2 Å². The molecule has 0 saturated carbocycles. The van der Waals surface area contributed by atoms with Crippen LogP contribution in [0.15, 0.2) is 103 Å². The molecular weight excluding hydrogens is 566 g/mol. The Morgan fingerprint density at radius 3 is 2.13 bits per heavy atom. The molecule has 1 aromatic heterocycles. The van der Waals surface area contributed by atoms with Crippen molar-refractivity contribution in [3.8, 4) is 16.9 Å². The standard InChI is InChI=1S/C37H39N3O5/c41-35(39-34(37(43)44)24-28-8-13-33(14-9-28)45-26-30-4-2-1-3-5-30)25-29-18-22-40(23-19-29)36(42)15-10-27-6-11-31(12-7-27)32-16-20-38-21-17-32/h1-9,11-14,16-17,20-21,29,34H,10,15,18-19,22-26H2,(H,39,41)(H,43,44). The number of piperidine rings is 1. The Morgan fingerprint density at radius 1 is 0.822 bits per heavy atom. The van der Waals surface area contributed by atoms with Crippen molar-refractivity contribution in [3.05, 3.63) is 120 Å². The summed E-state index contributed by atoms with van der Waals surface area (Å²) >= 11 is 0. The molecular formula is C37H39N3O5. The van der Waals surface area contributed by atoms with Gasteiger partial charge in [-0.2, -0.15) is 0 Å². The first-order valence-corrected chi connectivity index (χ1v) is 15.5. The molecule has 2 heterocycles. The number of aromatic nitrogens is 1. The molecule has 2 N–H and O–H groups in total. The molecule has 1 unspecified atom stereocenters. The Kier molecular flexibility index (Phi) is 10.9. The zero-order valence-electron chi connectivity index (χ0n) is 25.3. The van der Waals surface area contributed by atoms with E-state index in [1.165, 1.54) is 0 Å². The fourth-order valence-corrected chi connectivity index (χ4v) is 5.62. The summed E-state index contributed by atoms with van der Waals surface area (Å²) in [7, 11) is 0. The Labute approximate surface area is 264 Å². The van der Waals surface area contributed by atoms with Crippen molar-refractivity contribution >= 4 is 17.8 Å². The SMILES string of the molecule is O=C(CC1CCN(C(=O)CCc2ccc(-c3ccncc3)cc2)CC1)NC(Cc1ccc(OCc2ccccc2)cc1)C(=O)O. The number of amides is 2. The fraction of sp³-hybridized carbons (Fsp3) is 0.297. The largest absolute Gasteiger partial charge is 0.489 e. The molecule has 4 aromatic rings. The minimum Gasteiger partial charge on any atom is -0.489 e. The molecule has 0 aliphatic carbocycles. The number of benzene rings is 3. The topological polar surface area (TPSA) is 109 Å². The van der Waals surface area contributed by atoms with Crippen molar-refractivity contribution in [2.24, 2.45) is 5.92 Å². The molecule has 8 heteroatoms. The number of likely N-dealkylation sites (tertiary alicyclic amines) is 1. The first kappa shape index (κ1) is 31.4. The number of rotatable bonds is 13. The number of nitrogens with one attached hydrogen (secondary N) is 1. The molecule has 2 amide bonds. The van der Waals surface area contributed by atoms with E-state index in [9.17, 15) is 19.5 Å². The number of carboxylic acids is 1. The van der Waals surface area contributed by atoms with Gasteiger partial charge in [0.05, 0.1) is 0 Å². The molecule has 8 nitrogen and oxygen atoms in total. The smallest absolute Gasteiger partial charge is 0.326 e. The second-order valence-electron chi connectivity index (χ2n) is 11.5. The number of carbonyl (C=O) groups excluding carboxylic acids is 2. The summed E-state index contributed by atoms with van der Waals surface area (Å²) in [5, 5.41) is 12.5. The number of hydrogen-bond donors (Lipinski definition) is 2. The van der Waals surface area contributed by atoms with Gasteiger partial charge in [0.2, 0.25) is 11.8 Å². The lowest BCUT2D eigenvalue weighted by atomic mass is 9.92. The Hall–Kier alpha value is -4.98. The number of hydrogen-bond acceptors (Lipinski definition) is 5. The molecule has 1 saturated heterocycles. The summed E-state index contributed by atoms with van der Waals surface area (Å²) < 4.78 is 5.81. The van der Waals surface area contributed by atoms with Crippen molar-refractivity contribution < 1.29 is 24.2 Å². The third kappa shape index (κ3) is 9.50. The molecule has 1 aliphatic rings. The van der Waals surface area contributed by atoms with Crippen molar-refractivity contribution in [2.75, 3.05) is 13.1 Å². The van der Waals surface area contributed by atoms with Gasteiger partial charge in [-0.05, 0) is 77.3 Å². The molecule has 1 aliphatic heterocycles. The van der Waals surface area contributed by atoms with Crippen LogP contribution in [0.25, 0.3) is 11.1 Å². The first-order valence-electron chi connectivity index (χ1n) is 15.5. The molecule has 0 radical (unpaired) electrons. The zero-order chi connectivity index (χ0) is 31.4. The van der Waals surface area contributed by atoms with Crippen LogP contribution < -0.4 is 10.1 Å². The van der Waals surface area contributed by atoms with Gasteiger partial charge in [0.15, 0.2) is 0 Å². The average molecular weight is 606 g/mol. The van der Waals surface area contributed by atoms with Gasteiger partial charge in [0, 0.05) is 44.7 Å². The lowest BCUT2D eigenvalue weighted by Gasteiger charge is -2.32. The van der Waals surface area contributed by atoms with E-state index in [1.54, 1.807) is 12.4 Å². The number of aliphatic carboxylic acids is 1. The quantitative estimate of drug-likeness (QED) is 0.202. The van der Waals surface area contributed by atoms with Crippen LogP contribution in [-0.2, 0) is 33.8 Å². The molecule has 1 fully saturated rings. The average Bonchev–Trinajstić information content (AvgIpc) is 3.08. The minimum absolute atomic E-state index is 0.116. The number of pyridine rings is 1. The summed E-state index contributed by atoms with van der Waals surface area (Å²) in [6.45, 7) is 1.67. The van der Waals surface area contributed by atoms with Gasteiger partial charge in [-0.15, -0.1) is 0 Å². The van der Waals surface area contributed by atoms with Gasteiger partial charge in [-0.3, -0.25) is 14.6 Å². The highest BCUT2D eigenvalue weighted by atomic mass is 16.5. The summed E-state index contributed by atoms with van der Waals surface area (Å²) in [5.74, 6) is -0.409. The Bertz CT molecular complexity index is 1540. The minimum atomic E-state index is -1.07. The van der Waals surface area contributed by atoms with Gasteiger partial charge in [-0.25, -0.2) is 4.79 Å². The van der Waals surface area contributed by atoms with Crippen LogP contribution in [0.3, 0.4) is 0 Å². The summed E-state index contributed by atoms with van der Waals surface area (Å²) in [6.07, 6.45) is 6.55. The maximum Gasteiger partial charge on any atom is 0.326 e. The van der Waals surface area contributed by atoms with E-state index in [0.29, 0.717) is 38.3 Å². The van der Waals surface area contributed by atoms with Gasteiger partial charge in [-0.1, -0.05) is 66.7 Å². The third-order valence-corrected chi connectivity index (χ3v) is 8.28. The number of nitrogens with zero attached hydrogens (tertiary/aromatic N) is 2. The van der Waals surface area contributed by atoms with Crippen molar-refractivity contribution in [2.45, 2.75) is 51.2 Å². The van der Waals surface area contributed by atoms with Crippen LogP contribution >= 0.6 is 0 Å². The summed E-state index contributed by atoms with van der Waals surface area (Å²) in [6, 6.07) is 28.3. The van der Waals surface area contributed by atoms with Crippen LogP contribution in [0.1, 0.15) is 42.4 Å². The lowest BCUT2D eigenvalue weighted by Crippen LogP contribution is -2.44.